The Morgan fingerprint density at radius 3 is 3.25 bits per heavy atom. The highest BCUT2D eigenvalue weighted by Crippen LogP contribution is 2.13. The molecule has 1 rings (SSSR count). The fraction of sp³-hybridized carbons (Fsp3) is 0.222. The van der Waals surface area contributed by atoms with E-state index < -0.39 is 0 Å². The van der Waals surface area contributed by atoms with Crippen LogP contribution in [0.25, 0.3) is 0 Å². The largest absolute Gasteiger partial charge is 0.492 e. The van der Waals surface area contributed by atoms with E-state index in [0.29, 0.717) is 17.5 Å². The van der Waals surface area contributed by atoms with Crippen molar-refractivity contribution in [3.63, 3.8) is 0 Å². The Kier molecular flexibility index (Phi) is 3.61. The third-order valence-corrected chi connectivity index (χ3v) is 1.43. The van der Waals surface area contributed by atoms with Gasteiger partial charge in [0.2, 0.25) is 0 Å². The Labute approximate surface area is 76.8 Å². The predicted molar refractivity (Wildman–Crippen MR) is 48.4 cm³/mol. The minimum atomic E-state index is 0.419. The van der Waals surface area contributed by atoms with Gasteiger partial charge in [-0.3, -0.25) is 0 Å². The first-order chi connectivity index (χ1) is 5.83. The van der Waals surface area contributed by atoms with E-state index in [9.17, 15) is 0 Å². The Morgan fingerprint density at radius 2 is 2.58 bits per heavy atom. The molecule has 1 aromatic heterocycles. The van der Waals surface area contributed by atoms with Crippen LogP contribution >= 0.6 is 11.6 Å². The van der Waals surface area contributed by atoms with E-state index in [0.717, 1.165) is 6.42 Å². The fourth-order valence-corrected chi connectivity index (χ4v) is 0.828. The molecule has 0 fully saturated rings. The zero-order valence-electron chi connectivity index (χ0n) is 6.59. The predicted octanol–water partition coefficient (Wildman–Crippen LogP) is 2.49. The number of nitrogens with zero attached hydrogens (tertiary/aromatic N) is 1. The Bertz CT molecular complexity index is 262. The van der Waals surface area contributed by atoms with E-state index in [1.165, 1.54) is 6.20 Å². The smallest absolute Gasteiger partial charge is 0.132 e. The number of hydrogen-bond acceptors (Lipinski definition) is 2. The lowest BCUT2D eigenvalue weighted by atomic mass is 10.4. The van der Waals surface area contributed by atoms with Gasteiger partial charge >= 0.3 is 0 Å². The highest BCUT2D eigenvalue weighted by atomic mass is 35.5. The van der Waals surface area contributed by atoms with E-state index in [1.807, 2.05) is 0 Å². The molecule has 0 spiro atoms. The van der Waals surface area contributed by atoms with Gasteiger partial charge in [0.15, 0.2) is 0 Å². The number of hydrogen-bond donors (Lipinski definition) is 0. The molecule has 0 aliphatic rings. The lowest BCUT2D eigenvalue weighted by molar-refractivity contribution is 0.324. The summed E-state index contributed by atoms with van der Waals surface area (Å²) >= 11 is 5.63. The molecular formula is C9H9ClNO. The van der Waals surface area contributed by atoms with Gasteiger partial charge in [-0.15, -0.1) is 6.58 Å². The molecule has 0 unspecified atom stereocenters. The monoisotopic (exact) mass is 182 g/mol. The van der Waals surface area contributed by atoms with Crippen LogP contribution in [0.1, 0.15) is 6.42 Å². The van der Waals surface area contributed by atoms with Crippen molar-refractivity contribution in [2.45, 2.75) is 6.42 Å². The molecule has 3 heteroatoms. The van der Waals surface area contributed by atoms with Crippen molar-refractivity contribution in [1.29, 1.82) is 0 Å². The van der Waals surface area contributed by atoms with E-state index in [-0.39, 0.29) is 0 Å². The first kappa shape index (κ1) is 9.07. The lowest BCUT2D eigenvalue weighted by Crippen LogP contribution is -1.95. The van der Waals surface area contributed by atoms with Crippen molar-refractivity contribution >= 4 is 11.6 Å². The summed E-state index contributed by atoms with van der Waals surface area (Å²) in [4.78, 5) is 3.78. The Morgan fingerprint density at radius 1 is 1.75 bits per heavy atom. The summed E-state index contributed by atoms with van der Waals surface area (Å²) in [6, 6.07) is 4.45. The quantitative estimate of drug-likeness (QED) is 0.406. The van der Waals surface area contributed by atoms with Crippen molar-refractivity contribution in [2.75, 3.05) is 6.61 Å². The maximum atomic E-state index is 5.63. The topological polar surface area (TPSA) is 22.1 Å². The van der Waals surface area contributed by atoms with Crippen LogP contribution < -0.4 is 4.74 Å². The van der Waals surface area contributed by atoms with E-state index in [2.05, 4.69) is 17.6 Å². The average Bonchev–Trinajstić information content (AvgIpc) is 2.05. The molecule has 1 heterocycles. The van der Waals surface area contributed by atoms with Gasteiger partial charge in [-0.1, -0.05) is 17.7 Å². The summed E-state index contributed by atoms with van der Waals surface area (Å²) in [7, 11) is 0. The van der Waals surface area contributed by atoms with Crippen LogP contribution in [0.15, 0.2) is 24.9 Å². The molecule has 1 radical (unpaired) electrons. The van der Waals surface area contributed by atoms with Crippen LogP contribution in [0.2, 0.25) is 5.15 Å². The number of pyridine rings is 1. The summed E-state index contributed by atoms with van der Waals surface area (Å²) in [5, 5.41) is 0.419. The molecule has 0 amide bonds. The van der Waals surface area contributed by atoms with Gasteiger partial charge in [0.1, 0.15) is 10.9 Å². The van der Waals surface area contributed by atoms with Gasteiger partial charge in [0.25, 0.3) is 0 Å². The van der Waals surface area contributed by atoms with E-state index in [1.54, 1.807) is 12.1 Å². The van der Waals surface area contributed by atoms with Crippen molar-refractivity contribution in [2.24, 2.45) is 0 Å². The molecule has 63 valence electrons. The highest BCUT2D eigenvalue weighted by molar-refractivity contribution is 6.29. The molecule has 0 atom stereocenters. The molecule has 0 aliphatic heterocycles. The second kappa shape index (κ2) is 4.78. The molecule has 0 aliphatic carbocycles. The first-order valence-corrected chi connectivity index (χ1v) is 3.97. The number of aromatic nitrogens is 1. The first-order valence-electron chi connectivity index (χ1n) is 3.60. The van der Waals surface area contributed by atoms with Crippen LogP contribution in [0.5, 0.6) is 5.75 Å². The number of ether oxygens (including phenoxy) is 1. The lowest BCUT2D eigenvalue weighted by Gasteiger charge is -2.02. The van der Waals surface area contributed by atoms with Crippen molar-refractivity contribution in [1.82, 2.24) is 4.98 Å². The Balaban J connectivity index is 2.46. The molecule has 0 saturated heterocycles. The van der Waals surface area contributed by atoms with E-state index in [4.69, 9.17) is 16.3 Å². The minimum absolute atomic E-state index is 0.419. The van der Waals surface area contributed by atoms with Crippen LogP contribution in [0, 0.1) is 6.07 Å². The molecule has 12 heavy (non-hydrogen) atoms. The van der Waals surface area contributed by atoms with Gasteiger partial charge < -0.3 is 4.74 Å². The molecule has 0 saturated carbocycles. The molecule has 1 aromatic rings. The summed E-state index contributed by atoms with van der Waals surface area (Å²) in [6.45, 7) is 4.18. The van der Waals surface area contributed by atoms with Crippen molar-refractivity contribution < 1.29 is 4.74 Å². The van der Waals surface area contributed by atoms with Crippen LogP contribution in [0.4, 0.5) is 0 Å². The second-order valence-corrected chi connectivity index (χ2v) is 2.55. The standard InChI is InChI=1S/C9H9ClNO/c1-2-3-6-12-8-4-5-11-9(10)7-8/h2,5,7H,1,3,6H2. The summed E-state index contributed by atoms with van der Waals surface area (Å²) < 4.78 is 5.28. The van der Waals surface area contributed by atoms with E-state index >= 15 is 0 Å². The van der Waals surface area contributed by atoms with Crippen molar-refractivity contribution in [3.8, 4) is 5.75 Å². The van der Waals surface area contributed by atoms with Gasteiger partial charge in [-0.05, 0) is 6.42 Å². The summed E-state index contributed by atoms with van der Waals surface area (Å²) in [5.41, 5.74) is 0. The normalized spacial score (nSPS) is 9.42. The molecule has 0 bridgehead atoms. The molecule has 0 aromatic carbocycles. The second-order valence-electron chi connectivity index (χ2n) is 2.16. The SMILES string of the molecule is C=CCCOc1[c]cnc(Cl)c1. The zero-order valence-corrected chi connectivity index (χ0v) is 7.34. The average molecular weight is 183 g/mol. The maximum Gasteiger partial charge on any atom is 0.132 e. The number of halogens is 1. The highest BCUT2D eigenvalue weighted by Gasteiger charge is 1.94. The Hall–Kier alpha value is -1.02. The van der Waals surface area contributed by atoms with Crippen LogP contribution in [-0.4, -0.2) is 11.6 Å². The fourth-order valence-electron chi connectivity index (χ4n) is 0.680. The van der Waals surface area contributed by atoms with Gasteiger partial charge in [-0.2, -0.15) is 0 Å². The third-order valence-electron chi connectivity index (χ3n) is 1.22. The zero-order chi connectivity index (χ0) is 8.81. The maximum absolute atomic E-state index is 5.63. The third kappa shape index (κ3) is 2.93. The molecule has 0 N–H and O–H groups in total. The number of rotatable bonds is 4. The van der Waals surface area contributed by atoms with Crippen molar-refractivity contribution in [3.05, 3.63) is 36.1 Å². The van der Waals surface area contributed by atoms with Gasteiger partial charge in [0, 0.05) is 18.3 Å². The summed E-state index contributed by atoms with van der Waals surface area (Å²) in [6.07, 6.45) is 4.10. The van der Waals surface area contributed by atoms with Crippen LogP contribution in [0.3, 0.4) is 0 Å². The minimum Gasteiger partial charge on any atom is -0.492 e. The molecule has 2 nitrogen and oxygen atoms in total. The van der Waals surface area contributed by atoms with Gasteiger partial charge in [0.05, 0.1) is 6.61 Å². The molecular weight excluding hydrogens is 174 g/mol. The van der Waals surface area contributed by atoms with Gasteiger partial charge in [-0.25, -0.2) is 4.98 Å². The summed E-state index contributed by atoms with van der Waals surface area (Å²) in [5.74, 6) is 0.622. The van der Waals surface area contributed by atoms with Crippen LogP contribution in [-0.2, 0) is 0 Å².